The van der Waals surface area contributed by atoms with Crippen molar-refractivity contribution < 1.29 is 14.1 Å². The molecule has 3 aromatic rings. The molecule has 0 radical (unpaired) electrons. The lowest BCUT2D eigenvalue weighted by atomic mass is 10.3. The van der Waals surface area contributed by atoms with E-state index >= 15 is 0 Å². The van der Waals surface area contributed by atoms with E-state index in [2.05, 4.69) is 10.5 Å². The van der Waals surface area contributed by atoms with Gasteiger partial charge in [0.2, 0.25) is 0 Å². The van der Waals surface area contributed by atoms with Crippen LogP contribution in [-0.2, 0) is 13.2 Å². The summed E-state index contributed by atoms with van der Waals surface area (Å²) < 4.78 is 11.1. The molecular weight excluding hydrogens is 362 g/mol. The summed E-state index contributed by atoms with van der Waals surface area (Å²) in [5.41, 5.74) is 1.49. The molecule has 1 aliphatic rings. The molecule has 27 heavy (non-hydrogen) atoms. The smallest absolute Gasteiger partial charge is 0.321 e. The van der Waals surface area contributed by atoms with Gasteiger partial charge in [-0.05, 0) is 48.6 Å². The Morgan fingerprint density at radius 3 is 2.85 bits per heavy atom. The summed E-state index contributed by atoms with van der Waals surface area (Å²) in [6.45, 7) is 0.955. The molecule has 1 aliphatic carbocycles. The van der Waals surface area contributed by atoms with Crippen molar-refractivity contribution in [2.24, 2.45) is 0 Å². The fraction of sp³-hybridized carbons (Fsp3) is 0.300. The Hall–Kier alpha value is -2.80. The second-order valence-electron chi connectivity index (χ2n) is 6.67. The second-order valence-corrected chi connectivity index (χ2v) is 7.71. The quantitative estimate of drug-likeness (QED) is 0.633. The third-order valence-electron chi connectivity index (χ3n) is 4.37. The van der Waals surface area contributed by atoms with Crippen LogP contribution in [0.4, 0.5) is 10.5 Å². The van der Waals surface area contributed by atoms with Gasteiger partial charge >= 0.3 is 6.03 Å². The molecule has 6 nitrogen and oxygen atoms in total. The average molecular weight is 383 g/mol. The zero-order valence-corrected chi connectivity index (χ0v) is 15.9. The molecule has 0 spiro atoms. The lowest BCUT2D eigenvalue weighted by molar-refractivity contribution is 0.219. The molecule has 2 heterocycles. The van der Waals surface area contributed by atoms with E-state index in [1.165, 1.54) is 4.88 Å². The highest BCUT2D eigenvalue weighted by atomic mass is 32.1. The minimum atomic E-state index is -0.196. The zero-order chi connectivity index (χ0) is 18.6. The molecule has 7 heteroatoms. The van der Waals surface area contributed by atoms with Gasteiger partial charge in [0.25, 0.3) is 0 Å². The summed E-state index contributed by atoms with van der Waals surface area (Å²) in [5, 5.41) is 8.95. The van der Waals surface area contributed by atoms with Crippen molar-refractivity contribution in [1.29, 1.82) is 0 Å². The predicted molar refractivity (Wildman–Crippen MR) is 104 cm³/mol. The average Bonchev–Trinajstić information content (AvgIpc) is 3.19. The Bertz CT molecular complexity index is 886. The summed E-state index contributed by atoms with van der Waals surface area (Å²) in [5.74, 6) is 2.22. The van der Waals surface area contributed by atoms with E-state index in [9.17, 15) is 4.79 Å². The van der Waals surface area contributed by atoms with Crippen LogP contribution in [0.25, 0.3) is 0 Å². The predicted octanol–water partition coefficient (Wildman–Crippen LogP) is 4.86. The van der Waals surface area contributed by atoms with Gasteiger partial charge in [0, 0.05) is 29.6 Å². The number of thiophene rings is 1. The van der Waals surface area contributed by atoms with E-state index in [1.807, 2.05) is 47.8 Å². The van der Waals surface area contributed by atoms with E-state index in [0.717, 1.165) is 30.0 Å². The monoisotopic (exact) mass is 383 g/mol. The van der Waals surface area contributed by atoms with E-state index in [4.69, 9.17) is 9.26 Å². The largest absolute Gasteiger partial charge is 0.488 e. The first kappa shape index (κ1) is 17.6. The Kier molecular flexibility index (Phi) is 5.11. The molecule has 0 atom stereocenters. The molecule has 2 aromatic heterocycles. The first-order valence-corrected chi connectivity index (χ1v) is 9.78. The van der Waals surface area contributed by atoms with Gasteiger partial charge in [0.05, 0.1) is 6.54 Å². The van der Waals surface area contributed by atoms with Gasteiger partial charge < -0.3 is 19.5 Å². The molecule has 4 rings (SSSR count). The van der Waals surface area contributed by atoms with Gasteiger partial charge in [-0.3, -0.25) is 0 Å². The minimum absolute atomic E-state index is 0.196. The maximum absolute atomic E-state index is 12.4. The van der Waals surface area contributed by atoms with Gasteiger partial charge in [-0.2, -0.15) is 0 Å². The first-order chi connectivity index (χ1) is 13.2. The summed E-state index contributed by atoms with van der Waals surface area (Å²) in [4.78, 5) is 15.1. The molecule has 140 valence electrons. The van der Waals surface area contributed by atoms with Crippen LogP contribution >= 0.6 is 11.3 Å². The van der Waals surface area contributed by atoms with Crippen LogP contribution in [0.2, 0.25) is 0 Å². The third kappa shape index (κ3) is 4.68. The highest BCUT2D eigenvalue weighted by Gasteiger charge is 2.28. The molecule has 1 N–H and O–H groups in total. The Labute approximate surface area is 161 Å². The molecule has 1 fully saturated rings. The highest BCUT2D eigenvalue weighted by molar-refractivity contribution is 7.09. The molecule has 1 aromatic carbocycles. The van der Waals surface area contributed by atoms with Crippen molar-refractivity contribution in [3.63, 3.8) is 0 Å². The lowest BCUT2D eigenvalue weighted by Crippen LogP contribution is -2.30. The number of rotatable bonds is 7. The normalized spacial score (nSPS) is 13.4. The second kappa shape index (κ2) is 7.84. The minimum Gasteiger partial charge on any atom is -0.488 e. The van der Waals surface area contributed by atoms with Gasteiger partial charge in [0.1, 0.15) is 23.8 Å². The molecule has 0 unspecified atom stereocenters. The van der Waals surface area contributed by atoms with Gasteiger partial charge in [-0.15, -0.1) is 11.3 Å². The summed E-state index contributed by atoms with van der Waals surface area (Å²) in [6.07, 6.45) is 2.33. The number of benzene rings is 1. The van der Waals surface area contributed by atoms with Crippen molar-refractivity contribution in [2.75, 3.05) is 12.4 Å². The molecule has 1 saturated carbocycles. The number of amides is 2. The summed E-state index contributed by atoms with van der Waals surface area (Å²) in [7, 11) is 1.74. The number of nitrogens with one attached hydrogen (secondary N) is 1. The number of anilines is 1. The summed E-state index contributed by atoms with van der Waals surface area (Å²) >= 11 is 1.66. The highest BCUT2D eigenvalue weighted by Crippen LogP contribution is 2.40. The summed E-state index contributed by atoms with van der Waals surface area (Å²) in [6, 6.07) is 13.2. The van der Waals surface area contributed by atoms with Crippen LogP contribution in [-0.4, -0.2) is 23.1 Å². The molecule has 0 saturated heterocycles. The SMILES string of the molecule is CN(Cc1cc(C2CC2)on1)C(=O)Nc1ccc(OCc2cccs2)cc1. The van der Waals surface area contributed by atoms with Crippen molar-refractivity contribution in [3.05, 3.63) is 64.2 Å². The number of carbonyl (C=O) groups excluding carboxylic acids is 1. The standard InChI is InChI=1S/C20H21N3O3S/c1-23(12-16-11-19(26-22-16)14-4-5-14)20(24)21-15-6-8-17(9-7-15)25-13-18-3-2-10-27-18/h2-3,6-11,14H,4-5,12-13H2,1H3,(H,21,24). The number of hydrogen-bond acceptors (Lipinski definition) is 5. The number of carbonyl (C=O) groups is 1. The van der Waals surface area contributed by atoms with Crippen molar-refractivity contribution in [3.8, 4) is 5.75 Å². The van der Waals surface area contributed by atoms with Crippen LogP contribution in [0.1, 0.15) is 35.1 Å². The van der Waals surface area contributed by atoms with E-state index in [1.54, 1.807) is 23.3 Å². The van der Waals surface area contributed by atoms with Crippen LogP contribution in [0.3, 0.4) is 0 Å². The Balaban J connectivity index is 1.27. The van der Waals surface area contributed by atoms with Crippen molar-refractivity contribution in [1.82, 2.24) is 10.1 Å². The number of ether oxygens (including phenoxy) is 1. The zero-order valence-electron chi connectivity index (χ0n) is 15.1. The van der Waals surface area contributed by atoms with E-state index < -0.39 is 0 Å². The van der Waals surface area contributed by atoms with Crippen molar-refractivity contribution >= 4 is 23.1 Å². The Morgan fingerprint density at radius 1 is 1.33 bits per heavy atom. The first-order valence-electron chi connectivity index (χ1n) is 8.90. The number of hydrogen-bond donors (Lipinski definition) is 1. The molecule has 2 amide bonds. The fourth-order valence-corrected chi connectivity index (χ4v) is 3.30. The third-order valence-corrected chi connectivity index (χ3v) is 5.22. The van der Waals surface area contributed by atoms with Crippen molar-refractivity contribution in [2.45, 2.75) is 31.9 Å². The molecular formula is C20H21N3O3S. The number of urea groups is 1. The van der Waals surface area contributed by atoms with Crippen LogP contribution in [0, 0.1) is 0 Å². The lowest BCUT2D eigenvalue weighted by Gasteiger charge is -2.16. The topological polar surface area (TPSA) is 67.6 Å². The van der Waals surface area contributed by atoms with Crippen LogP contribution in [0.5, 0.6) is 5.75 Å². The van der Waals surface area contributed by atoms with Gasteiger partial charge in [-0.1, -0.05) is 11.2 Å². The fourth-order valence-electron chi connectivity index (χ4n) is 2.68. The van der Waals surface area contributed by atoms with E-state index in [-0.39, 0.29) is 6.03 Å². The van der Waals surface area contributed by atoms with Crippen LogP contribution < -0.4 is 10.1 Å². The number of aromatic nitrogens is 1. The van der Waals surface area contributed by atoms with Crippen LogP contribution in [0.15, 0.2) is 52.4 Å². The maximum Gasteiger partial charge on any atom is 0.321 e. The van der Waals surface area contributed by atoms with Gasteiger partial charge in [-0.25, -0.2) is 4.79 Å². The van der Waals surface area contributed by atoms with E-state index in [0.29, 0.717) is 24.8 Å². The van der Waals surface area contributed by atoms with Gasteiger partial charge in [0.15, 0.2) is 0 Å². The molecule has 0 aliphatic heterocycles. The molecule has 0 bridgehead atoms. The number of nitrogens with zero attached hydrogens (tertiary/aromatic N) is 2. The maximum atomic E-state index is 12.4. The Morgan fingerprint density at radius 2 is 2.15 bits per heavy atom.